The first-order chi connectivity index (χ1) is 8.13. The molecule has 0 saturated heterocycles. The molecule has 0 unspecified atom stereocenters. The van der Waals surface area contributed by atoms with Gasteiger partial charge in [-0.1, -0.05) is 0 Å². The maximum absolute atomic E-state index is 10.6. The number of benzene rings is 1. The molecule has 1 aromatic rings. The van der Waals surface area contributed by atoms with Gasteiger partial charge in [0.05, 0.1) is 17.6 Å². The van der Waals surface area contributed by atoms with E-state index in [4.69, 9.17) is 4.74 Å². The molecule has 0 aromatic heterocycles. The number of hydrogen-bond donors (Lipinski definition) is 0. The van der Waals surface area contributed by atoms with Gasteiger partial charge in [0.2, 0.25) is 0 Å². The zero-order valence-electron chi connectivity index (χ0n) is 9.72. The zero-order chi connectivity index (χ0) is 12.7. The average Bonchev–Trinajstić information content (AvgIpc) is 2.28. The Morgan fingerprint density at radius 2 is 2.12 bits per heavy atom. The van der Waals surface area contributed by atoms with Crippen molar-refractivity contribution in [3.8, 4) is 5.75 Å². The van der Waals surface area contributed by atoms with E-state index in [2.05, 4.69) is 0 Å². The van der Waals surface area contributed by atoms with Crippen molar-refractivity contribution < 1.29 is 14.5 Å². The number of aryl methyl sites for hydroxylation is 1. The van der Waals surface area contributed by atoms with Crippen molar-refractivity contribution in [2.24, 2.45) is 0 Å². The number of non-ortho nitro benzene ring substituents is 1. The molecule has 5 nitrogen and oxygen atoms in total. The lowest BCUT2D eigenvalue weighted by Gasteiger charge is -2.06. The third kappa shape index (κ3) is 4.63. The summed E-state index contributed by atoms with van der Waals surface area (Å²) in [5, 5.41) is 10.6. The predicted molar refractivity (Wildman–Crippen MR) is 63.2 cm³/mol. The fraction of sp³-hybridized carbons (Fsp3) is 0.417. The molecule has 0 aliphatic carbocycles. The fourth-order valence-corrected chi connectivity index (χ4v) is 1.44. The summed E-state index contributed by atoms with van der Waals surface area (Å²) >= 11 is 0. The molecule has 0 radical (unpaired) electrons. The minimum Gasteiger partial charge on any atom is -0.493 e. The number of ether oxygens (including phenoxy) is 1. The van der Waals surface area contributed by atoms with Crippen molar-refractivity contribution in [2.45, 2.75) is 26.2 Å². The molecule has 92 valence electrons. The number of hydrogen-bond acceptors (Lipinski definition) is 4. The van der Waals surface area contributed by atoms with Crippen LogP contribution in [0.25, 0.3) is 0 Å². The maximum atomic E-state index is 10.6. The van der Waals surface area contributed by atoms with Gasteiger partial charge in [-0.05, 0) is 31.4 Å². The molecular formula is C12H15NO4. The van der Waals surface area contributed by atoms with Crippen LogP contribution in [0.4, 0.5) is 5.69 Å². The minimum atomic E-state index is -0.438. The summed E-state index contributed by atoms with van der Waals surface area (Å²) in [6, 6.07) is 4.67. The molecule has 17 heavy (non-hydrogen) atoms. The highest BCUT2D eigenvalue weighted by Crippen LogP contribution is 2.22. The van der Waals surface area contributed by atoms with E-state index >= 15 is 0 Å². The Balaban J connectivity index is 2.53. The number of carbonyl (C=O) groups excluding carboxylic acids is 1. The van der Waals surface area contributed by atoms with E-state index in [0.29, 0.717) is 18.8 Å². The molecule has 0 spiro atoms. The van der Waals surface area contributed by atoms with Crippen molar-refractivity contribution in [1.82, 2.24) is 0 Å². The van der Waals surface area contributed by atoms with E-state index in [1.807, 2.05) is 0 Å². The number of rotatable bonds is 7. The van der Waals surface area contributed by atoms with E-state index < -0.39 is 4.92 Å². The molecule has 0 fully saturated rings. The van der Waals surface area contributed by atoms with Crippen molar-refractivity contribution in [3.05, 3.63) is 33.9 Å². The maximum Gasteiger partial charge on any atom is 0.273 e. The second kappa shape index (κ2) is 6.62. The second-order valence-corrected chi connectivity index (χ2v) is 3.77. The van der Waals surface area contributed by atoms with Gasteiger partial charge in [-0.25, -0.2) is 0 Å². The van der Waals surface area contributed by atoms with E-state index in [1.165, 1.54) is 12.1 Å². The topological polar surface area (TPSA) is 69.4 Å². The summed E-state index contributed by atoms with van der Waals surface area (Å²) in [7, 11) is 0. The third-order valence-corrected chi connectivity index (χ3v) is 2.23. The van der Waals surface area contributed by atoms with Crippen LogP contribution in [0, 0.1) is 17.0 Å². The lowest BCUT2D eigenvalue weighted by atomic mass is 10.2. The summed E-state index contributed by atoms with van der Waals surface area (Å²) < 4.78 is 5.40. The Bertz CT molecular complexity index is 403. The Morgan fingerprint density at radius 3 is 2.76 bits per heavy atom. The molecule has 0 N–H and O–H groups in total. The van der Waals surface area contributed by atoms with Gasteiger partial charge in [0.1, 0.15) is 12.0 Å². The summed E-state index contributed by atoms with van der Waals surface area (Å²) in [4.78, 5) is 20.3. The minimum absolute atomic E-state index is 0.0351. The van der Waals surface area contributed by atoms with Crippen molar-refractivity contribution in [3.63, 3.8) is 0 Å². The van der Waals surface area contributed by atoms with Gasteiger partial charge in [-0.15, -0.1) is 0 Å². The number of nitrogens with zero attached hydrogens (tertiary/aromatic N) is 1. The van der Waals surface area contributed by atoms with Crippen LogP contribution in [-0.2, 0) is 4.79 Å². The lowest BCUT2D eigenvalue weighted by molar-refractivity contribution is -0.385. The van der Waals surface area contributed by atoms with Gasteiger partial charge < -0.3 is 9.53 Å². The third-order valence-electron chi connectivity index (χ3n) is 2.23. The Morgan fingerprint density at radius 1 is 1.35 bits per heavy atom. The molecule has 0 saturated carbocycles. The molecule has 0 heterocycles. The highest BCUT2D eigenvalue weighted by atomic mass is 16.6. The van der Waals surface area contributed by atoms with Crippen molar-refractivity contribution in [2.75, 3.05) is 6.61 Å². The Kier molecular flexibility index (Phi) is 5.13. The van der Waals surface area contributed by atoms with Crippen LogP contribution < -0.4 is 4.74 Å². The quantitative estimate of drug-likeness (QED) is 0.316. The van der Waals surface area contributed by atoms with Gasteiger partial charge in [-0.2, -0.15) is 0 Å². The van der Waals surface area contributed by atoms with Crippen LogP contribution in [0.2, 0.25) is 0 Å². The van der Waals surface area contributed by atoms with Crippen LogP contribution >= 0.6 is 0 Å². The largest absolute Gasteiger partial charge is 0.493 e. The molecule has 0 bridgehead atoms. The number of nitro groups is 1. The van der Waals surface area contributed by atoms with Crippen LogP contribution in [-0.4, -0.2) is 17.8 Å². The molecule has 0 aliphatic rings. The lowest BCUT2D eigenvalue weighted by Crippen LogP contribution is -1.99. The second-order valence-electron chi connectivity index (χ2n) is 3.77. The average molecular weight is 237 g/mol. The van der Waals surface area contributed by atoms with Gasteiger partial charge >= 0.3 is 0 Å². The van der Waals surface area contributed by atoms with Gasteiger partial charge in [0, 0.05) is 12.5 Å². The van der Waals surface area contributed by atoms with Crippen molar-refractivity contribution in [1.29, 1.82) is 0 Å². The van der Waals surface area contributed by atoms with Crippen LogP contribution in [0.15, 0.2) is 18.2 Å². The number of unbranched alkanes of at least 4 members (excludes halogenated alkanes) is 2. The SMILES string of the molecule is Cc1cc(OCCCCC=O)cc([N+](=O)[O-])c1. The first kappa shape index (κ1) is 13.2. The molecule has 1 rings (SSSR count). The van der Waals surface area contributed by atoms with Crippen molar-refractivity contribution >= 4 is 12.0 Å². The molecule has 0 atom stereocenters. The van der Waals surface area contributed by atoms with Gasteiger partial charge in [-0.3, -0.25) is 10.1 Å². The number of aldehydes is 1. The molecule has 1 aromatic carbocycles. The monoisotopic (exact) mass is 237 g/mol. The first-order valence-corrected chi connectivity index (χ1v) is 5.46. The van der Waals surface area contributed by atoms with Gasteiger partial charge in [0.25, 0.3) is 5.69 Å². The first-order valence-electron chi connectivity index (χ1n) is 5.46. The van der Waals surface area contributed by atoms with Gasteiger partial charge in [0.15, 0.2) is 0 Å². The van der Waals surface area contributed by atoms with Crippen LogP contribution in [0.1, 0.15) is 24.8 Å². The molecular weight excluding hydrogens is 222 g/mol. The summed E-state index contributed by atoms with van der Waals surface area (Å²) in [6.07, 6.45) is 2.94. The summed E-state index contributed by atoms with van der Waals surface area (Å²) in [5.41, 5.74) is 0.829. The summed E-state index contributed by atoms with van der Waals surface area (Å²) in [5.74, 6) is 0.503. The van der Waals surface area contributed by atoms with E-state index in [9.17, 15) is 14.9 Å². The fourth-order valence-electron chi connectivity index (χ4n) is 1.44. The highest BCUT2D eigenvalue weighted by Gasteiger charge is 2.08. The zero-order valence-corrected chi connectivity index (χ0v) is 9.72. The van der Waals surface area contributed by atoms with E-state index in [1.54, 1.807) is 13.0 Å². The molecule has 0 aliphatic heterocycles. The standard InChI is InChI=1S/C12H15NO4/c1-10-7-11(13(15)16)9-12(8-10)17-6-4-2-3-5-14/h5,7-9H,2-4,6H2,1H3. The number of carbonyl (C=O) groups is 1. The smallest absolute Gasteiger partial charge is 0.273 e. The predicted octanol–water partition coefficient (Wildman–Crippen LogP) is 2.65. The Labute approximate surface area is 99.5 Å². The van der Waals surface area contributed by atoms with E-state index in [0.717, 1.165) is 24.7 Å². The van der Waals surface area contributed by atoms with Crippen LogP contribution in [0.5, 0.6) is 5.75 Å². The summed E-state index contributed by atoms with van der Waals surface area (Å²) in [6.45, 7) is 2.25. The number of nitro benzene ring substituents is 1. The molecule has 0 amide bonds. The molecule has 5 heteroatoms. The van der Waals surface area contributed by atoms with Crippen LogP contribution in [0.3, 0.4) is 0 Å². The normalized spacial score (nSPS) is 9.94. The van der Waals surface area contributed by atoms with E-state index in [-0.39, 0.29) is 5.69 Å². The Hall–Kier alpha value is -1.91. The highest BCUT2D eigenvalue weighted by molar-refractivity contribution is 5.48.